The van der Waals surface area contributed by atoms with Crippen LogP contribution in [0.15, 0.2) is 0 Å². The van der Waals surface area contributed by atoms with Crippen molar-refractivity contribution in [2.24, 2.45) is 0 Å². The van der Waals surface area contributed by atoms with Crippen molar-refractivity contribution in [3.8, 4) is 0 Å². The summed E-state index contributed by atoms with van der Waals surface area (Å²) in [5, 5.41) is 4.03. The van der Waals surface area contributed by atoms with Gasteiger partial charge in [0.05, 0.1) is 11.4 Å². The fourth-order valence-corrected chi connectivity index (χ4v) is 3.47. The zero-order chi connectivity index (χ0) is 14.6. The topological polar surface area (TPSA) is 62.3 Å². The highest BCUT2D eigenvalue weighted by Gasteiger charge is 2.16. The number of nitrogens with zero attached hydrogens (tertiary/aromatic N) is 2. The van der Waals surface area contributed by atoms with Crippen molar-refractivity contribution >= 4 is 26.3 Å². The van der Waals surface area contributed by atoms with E-state index in [2.05, 4.69) is 24.1 Å². The molecule has 0 aliphatic rings. The molecular weight excluding hydrogens is 282 g/mol. The van der Waals surface area contributed by atoms with Crippen LogP contribution in [0, 0.1) is 0 Å². The standard InChI is InChI=1S/C12H23N3O2S2/c1-9(2)11-10(8-13-3)18-12(14-11)15(4)6-7-19(5,16)17/h9,13H,6-8H2,1-5H3. The molecule has 0 amide bonds. The first-order valence-corrected chi connectivity index (χ1v) is 9.15. The smallest absolute Gasteiger partial charge is 0.185 e. The summed E-state index contributed by atoms with van der Waals surface area (Å²) in [6.07, 6.45) is 1.26. The lowest BCUT2D eigenvalue weighted by atomic mass is 10.1. The van der Waals surface area contributed by atoms with Crippen molar-refractivity contribution in [2.45, 2.75) is 26.3 Å². The number of sulfone groups is 1. The molecule has 0 fully saturated rings. The quantitative estimate of drug-likeness (QED) is 0.826. The maximum Gasteiger partial charge on any atom is 0.185 e. The number of anilines is 1. The fraction of sp³-hybridized carbons (Fsp3) is 0.750. The molecular formula is C12H23N3O2S2. The van der Waals surface area contributed by atoms with Gasteiger partial charge in [0.2, 0.25) is 0 Å². The minimum atomic E-state index is -2.93. The lowest BCUT2D eigenvalue weighted by Crippen LogP contribution is -2.24. The van der Waals surface area contributed by atoms with E-state index in [1.165, 1.54) is 11.1 Å². The summed E-state index contributed by atoms with van der Waals surface area (Å²) in [5.74, 6) is 0.526. The SMILES string of the molecule is CNCc1sc(N(C)CCS(C)(=O)=O)nc1C(C)C. The van der Waals surface area contributed by atoms with Gasteiger partial charge < -0.3 is 10.2 Å². The van der Waals surface area contributed by atoms with E-state index in [4.69, 9.17) is 0 Å². The Labute approximate surface area is 120 Å². The van der Waals surface area contributed by atoms with Crippen LogP contribution in [0.5, 0.6) is 0 Å². The van der Waals surface area contributed by atoms with Gasteiger partial charge >= 0.3 is 0 Å². The zero-order valence-corrected chi connectivity index (χ0v) is 13.9. The molecule has 0 atom stereocenters. The highest BCUT2D eigenvalue weighted by Crippen LogP contribution is 2.30. The van der Waals surface area contributed by atoms with Gasteiger partial charge in [-0.25, -0.2) is 13.4 Å². The van der Waals surface area contributed by atoms with Crippen molar-refractivity contribution in [2.75, 3.05) is 37.5 Å². The molecule has 7 heteroatoms. The average molecular weight is 305 g/mol. The summed E-state index contributed by atoms with van der Waals surface area (Å²) in [6, 6.07) is 0. The van der Waals surface area contributed by atoms with Crippen LogP contribution >= 0.6 is 11.3 Å². The second-order valence-electron chi connectivity index (χ2n) is 5.04. The lowest BCUT2D eigenvalue weighted by molar-refractivity contribution is 0.601. The highest BCUT2D eigenvalue weighted by atomic mass is 32.2. The van der Waals surface area contributed by atoms with Crippen LogP contribution < -0.4 is 10.2 Å². The summed E-state index contributed by atoms with van der Waals surface area (Å²) in [6.45, 7) is 5.51. The summed E-state index contributed by atoms with van der Waals surface area (Å²) in [4.78, 5) is 7.77. The predicted molar refractivity (Wildman–Crippen MR) is 81.9 cm³/mol. The van der Waals surface area contributed by atoms with Crippen molar-refractivity contribution in [3.05, 3.63) is 10.6 Å². The number of hydrogen-bond acceptors (Lipinski definition) is 6. The first kappa shape index (κ1) is 16.4. The van der Waals surface area contributed by atoms with Gasteiger partial charge in [-0.3, -0.25) is 0 Å². The van der Waals surface area contributed by atoms with E-state index in [-0.39, 0.29) is 5.75 Å². The van der Waals surface area contributed by atoms with Gasteiger partial charge in [0, 0.05) is 31.3 Å². The molecule has 1 heterocycles. The van der Waals surface area contributed by atoms with E-state index in [0.29, 0.717) is 12.5 Å². The second-order valence-corrected chi connectivity index (χ2v) is 8.36. The number of thiazole rings is 1. The molecule has 0 aliphatic heterocycles. The summed E-state index contributed by atoms with van der Waals surface area (Å²) in [7, 11) is 0.866. The summed E-state index contributed by atoms with van der Waals surface area (Å²) < 4.78 is 22.4. The monoisotopic (exact) mass is 305 g/mol. The van der Waals surface area contributed by atoms with Crippen molar-refractivity contribution in [1.82, 2.24) is 10.3 Å². The predicted octanol–water partition coefficient (Wildman–Crippen LogP) is 1.47. The molecule has 0 unspecified atom stereocenters. The van der Waals surface area contributed by atoms with Crippen LogP contribution in [0.25, 0.3) is 0 Å². The lowest BCUT2D eigenvalue weighted by Gasteiger charge is -2.14. The van der Waals surface area contributed by atoms with E-state index in [1.54, 1.807) is 11.3 Å². The fourth-order valence-electron chi connectivity index (χ4n) is 1.65. The Hall–Kier alpha value is -0.660. The minimum absolute atomic E-state index is 0.154. The van der Waals surface area contributed by atoms with E-state index in [1.807, 2.05) is 19.0 Å². The zero-order valence-electron chi connectivity index (χ0n) is 12.2. The number of hydrogen-bond donors (Lipinski definition) is 1. The molecule has 0 spiro atoms. The molecule has 1 aromatic heterocycles. The largest absolute Gasteiger partial charge is 0.350 e. The summed E-state index contributed by atoms with van der Waals surface area (Å²) >= 11 is 1.63. The van der Waals surface area contributed by atoms with Gasteiger partial charge in [-0.2, -0.15) is 0 Å². The molecule has 110 valence electrons. The van der Waals surface area contributed by atoms with Gasteiger partial charge in [0.15, 0.2) is 5.13 Å². The molecule has 1 N–H and O–H groups in total. The van der Waals surface area contributed by atoms with Gasteiger partial charge in [0.25, 0.3) is 0 Å². The van der Waals surface area contributed by atoms with Gasteiger partial charge in [0.1, 0.15) is 9.84 Å². The molecule has 5 nitrogen and oxygen atoms in total. The van der Waals surface area contributed by atoms with E-state index in [0.717, 1.165) is 17.4 Å². The van der Waals surface area contributed by atoms with Crippen molar-refractivity contribution < 1.29 is 8.42 Å². The normalized spacial score (nSPS) is 12.1. The van der Waals surface area contributed by atoms with E-state index in [9.17, 15) is 8.42 Å². The molecule has 1 aromatic rings. The van der Waals surface area contributed by atoms with Crippen LogP contribution in [-0.2, 0) is 16.4 Å². The first-order chi connectivity index (χ1) is 8.74. The number of rotatable bonds is 7. The minimum Gasteiger partial charge on any atom is -0.350 e. The van der Waals surface area contributed by atoms with Gasteiger partial charge in [-0.05, 0) is 13.0 Å². The van der Waals surface area contributed by atoms with Gasteiger partial charge in [-0.1, -0.05) is 13.8 Å². The molecule has 0 aliphatic carbocycles. The van der Waals surface area contributed by atoms with E-state index >= 15 is 0 Å². The van der Waals surface area contributed by atoms with Crippen LogP contribution in [0.3, 0.4) is 0 Å². The Morgan fingerprint density at radius 2 is 2.05 bits per heavy atom. The molecule has 0 saturated heterocycles. The number of nitrogens with one attached hydrogen (secondary N) is 1. The van der Waals surface area contributed by atoms with Crippen LogP contribution in [0.2, 0.25) is 0 Å². The third kappa shape index (κ3) is 5.08. The Morgan fingerprint density at radius 3 is 2.53 bits per heavy atom. The highest BCUT2D eigenvalue weighted by molar-refractivity contribution is 7.90. The third-order valence-corrected chi connectivity index (χ3v) is 4.83. The Morgan fingerprint density at radius 1 is 1.42 bits per heavy atom. The molecule has 0 radical (unpaired) electrons. The maximum atomic E-state index is 11.2. The Balaban J connectivity index is 2.85. The molecule has 0 bridgehead atoms. The maximum absolute atomic E-state index is 11.2. The Kier molecular flexibility index (Phi) is 5.76. The van der Waals surface area contributed by atoms with E-state index < -0.39 is 9.84 Å². The van der Waals surface area contributed by atoms with Crippen LogP contribution in [0.4, 0.5) is 5.13 Å². The van der Waals surface area contributed by atoms with Gasteiger partial charge in [-0.15, -0.1) is 11.3 Å². The van der Waals surface area contributed by atoms with Crippen molar-refractivity contribution in [3.63, 3.8) is 0 Å². The molecule has 1 rings (SSSR count). The summed E-state index contributed by atoms with van der Waals surface area (Å²) in [5.41, 5.74) is 1.10. The second kappa shape index (κ2) is 6.67. The third-order valence-electron chi connectivity index (χ3n) is 2.72. The van der Waals surface area contributed by atoms with Crippen molar-refractivity contribution in [1.29, 1.82) is 0 Å². The number of aromatic nitrogens is 1. The van der Waals surface area contributed by atoms with Crippen LogP contribution in [0.1, 0.15) is 30.3 Å². The first-order valence-electron chi connectivity index (χ1n) is 6.27. The Bertz CT molecular complexity index is 509. The molecule has 0 saturated carbocycles. The molecule has 19 heavy (non-hydrogen) atoms. The van der Waals surface area contributed by atoms with Crippen LogP contribution in [-0.4, -0.2) is 46.1 Å². The molecule has 0 aromatic carbocycles. The average Bonchev–Trinajstić information content (AvgIpc) is 2.69.